The molecule has 1 aromatic carbocycles. The van der Waals surface area contributed by atoms with E-state index in [1.807, 2.05) is 24.3 Å². The topological polar surface area (TPSA) is 69.6 Å². The highest BCUT2D eigenvalue weighted by molar-refractivity contribution is 5.76. The molecule has 5 nitrogen and oxygen atoms in total. The lowest BCUT2D eigenvalue weighted by atomic mass is 9.92. The highest BCUT2D eigenvalue weighted by atomic mass is 15.3. The molecule has 0 saturated heterocycles. The smallest absolute Gasteiger partial charge is 0.127 e. The number of nitrogen functional groups attached to an aromatic ring is 1. The summed E-state index contributed by atoms with van der Waals surface area (Å²) in [5.74, 6) is 0.623. The molecule has 0 spiro atoms. The Bertz CT molecular complexity index is 767. The predicted octanol–water partition coefficient (Wildman–Crippen LogP) is 2.70. The minimum Gasteiger partial charge on any atom is -0.384 e. The molecule has 0 aliphatic rings. The maximum atomic E-state index is 6.08. The van der Waals surface area contributed by atoms with Crippen molar-refractivity contribution in [1.82, 2.24) is 19.7 Å². The van der Waals surface area contributed by atoms with Crippen LogP contribution in [0.5, 0.6) is 0 Å². The Morgan fingerprint density at radius 1 is 1.00 bits per heavy atom. The summed E-state index contributed by atoms with van der Waals surface area (Å²) in [6.45, 7) is 6.35. The first-order chi connectivity index (χ1) is 9.45. The summed E-state index contributed by atoms with van der Waals surface area (Å²) in [5.41, 5.74) is 9.60. The van der Waals surface area contributed by atoms with Gasteiger partial charge < -0.3 is 5.73 Å². The number of nitrogens with zero attached hydrogens (tertiary/aromatic N) is 4. The Labute approximate surface area is 117 Å². The minimum absolute atomic E-state index is 0.0317. The maximum absolute atomic E-state index is 6.08. The zero-order valence-electron chi connectivity index (χ0n) is 11.8. The van der Waals surface area contributed by atoms with E-state index in [9.17, 15) is 0 Å². The minimum atomic E-state index is -0.0317. The van der Waals surface area contributed by atoms with Crippen molar-refractivity contribution >= 4 is 16.9 Å². The van der Waals surface area contributed by atoms with Crippen LogP contribution in [-0.4, -0.2) is 19.7 Å². The number of aromatic nitrogens is 4. The lowest BCUT2D eigenvalue weighted by Gasteiger charge is -2.14. The number of nitrogens with two attached hydrogens (primary N) is 1. The maximum Gasteiger partial charge on any atom is 0.127 e. The zero-order valence-corrected chi connectivity index (χ0v) is 11.8. The molecule has 2 aromatic heterocycles. The van der Waals surface area contributed by atoms with Gasteiger partial charge in [-0.05, 0) is 18.2 Å². The van der Waals surface area contributed by atoms with Crippen LogP contribution in [0.4, 0.5) is 5.82 Å². The van der Waals surface area contributed by atoms with Gasteiger partial charge in [-0.2, -0.15) is 5.10 Å². The van der Waals surface area contributed by atoms with Crippen molar-refractivity contribution in [2.45, 2.75) is 26.2 Å². The Morgan fingerprint density at radius 3 is 2.35 bits per heavy atom. The van der Waals surface area contributed by atoms with Crippen LogP contribution in [0.3, 0.4) is 0 Å². The van der Waals surface area contributed by atoms with E-state index in [1.165, 1.54) is 0 Å². The molecule has 0 bridgehead atoms. The molecule has 0 unspecified atom stereocenters. The van der Waals surface area contributed by atoms with E-state index in [0.29, 0.717) is 5.82 Å². The molecule has 0 saturated carbocycles. The van der Waals surface area contributed by atoms with Crippen molar-refractivity contribution in [3.05, 3.63) is 42.4 Å². The van der Waals surface area contributed by atoms with Gasteiger partial charge in [-0.1, -0.05) is 20.8 Å². The van der Waals surface area contributed by atoms with Gasteiger partial charge in [0.05, 0.1) is 22.4 Å². The fraction of sp³-hybridized carbons (Fsp3) is 0.267. The summed E-state index contributed by atoms with van der Waals surface area (Å²) in [4.78, 5) is 8.57. The summed E-state index contributed by atoms with van der Waals surface area (Å²) >= 11 is 0. The van der Waals surface area contributed by atoms with Crippen molar-refractivity contribution in [3.63, 3.8) is 0 Å². The number of hydrogen-bond acceptors (Lipinski definition) is 4. The number of hydrogen-bond donors (Lipinski definition) is 1. The highest BCUT2D eigenvalue weighted by Crippen LogP contribution is 2.25. The molecule has 102 valence electrons. The standard InChI is InChI=1S/C15H17N5/c1-15(2,3)13-9-14(16)20(19-13)10-4-5-11-12(8-10)18-7-6-17-11/h4-9H,16H2,1-3H3. The molecule has 0 radical (unpaired) electrons. The quantitative estimate of drug-likeness (QED) is 0.736. The van der Waals surface area contributed by atoms with Crippen LogP contribution in [0.1, 0.15) is 26.5 Å². The first kappa shape index (κ1) is 12.6. The monoisotopic (exact) mass is 267 g/mol. The molecule has 3 aromatic rings. The molecule has 0 atom stereocenters. The van der Waals surface area contributed by atoms with E-state index in [4.69, 9.17) is 5.73 Å². The molecule has 3 rings (SSSR count). The summed E-state index contributed by atoms with van der Waals surface area (Å²) in [6, 6.07) is 7.74. The zero-order chi connectivity index (χ0) is 14.3. The second kappa shape index (κ2) is 4.30. The third-order valence-electron chi connectivity index (χ3n) is 3.20. The van der Waals surface area contributed by atoms with Crippen LogP contribution < -0.4 is 5.73 Å². The van der Waals surface area contributed by atoms with Crippen LogP contribution >= 0.6 is 0 Å². The summed E-state index contributed by atoms with van der Waals surface area (Å²) in [7, 11) is 0. The van der Waals surface area contributed by atoms with Crippen LogP contribution in [0.2, 0.25) is 0 Å². The van der Waals surface area contributed by atoms with Crippen LogP contribution in [0.15, 0.2) is 36.7 Å². The fourth-order valence-corrected chi connectivity index (χ4v) is 2.05. The normalized spacial score (nSPS) is 11.9. The van der Waals surface area contributed by atoms with Crippen molar-refractivity contribution in [2.75, 3.05) is 5.73 Å². The molecule has 0 fully saturated rings. The lowest BCUT2D eigenvalue weighted by molar-refractivity contribution is 0.560. The van der Waals surface area contributed by atoms with Crippen molar-refractivity contribution in [3.8, 4) is 5.69 Å². The van der Waals surface area contributed by atoms with Crippen LogP contribution in [-0.2, 0) is 5.41 Å². The van der Waals surface area contributed by atoms with Gasteiger partial charge in [0.15, 0.2) is 0 Å². The first-order valence-electron chi connectivity index (χ1n) is 6.52. The average molecular weight is 267 g/mol. The van der Waals surface area contributed by atoms with E-state index < -0.39 is 0 Å². The van der Waals surface area contributed by atoms with E-state index in [-0.39, 0.29) is 5.41 Å². The Kier molecular flexibility index (Phi) is 2.71. The van der Waals surface area contributed by atoms with Gasteiger partial charge in [0.2, 0.25) is 0 Å². The van der Waals surface area contributed by atoms with Gasteiger partial charge in [-0.3, -0.25) is 9.97 Å². The summed E-state index contributed by atoms with van der Waals surface area (Å²) < 4.78 is 1.74. The summed E-state index contributed by atoms with van der Waals surface area (Å²) in [6.07, 6.45) is 3.36. The molecule has 5 heteroatoms. The van der Waals surface area contributed by atoms with Gasteiger partial charge in [0.25, 0.3) is 0 Å². The third kappa shape index (κ3) is 2.11. The van der Waals surface area contributed by atoms with E-state index in [0.717, 1.165) is 22.4 Å². The predicted molar refractivity (Wildman–Crippen MR) is 79.8 cm³/mol. The highest BCUT2D eigenvalue weighted by Gasteiger charge is 2.19. The average Bonchev–Trinajstić information content (AvgIpc) is 2.80. The van der Waals surface area contributed by atoms with Gasteiger partial charge in [0.1, 0.15) is 5.82 Å². The second-order valence-electron chi connectivity index (χ2n) is 5.85. The fourth-order valence-electron chi connectivity index (χ4n) is 2.05. The Balaban J connectivity index is 2.13. The number of rotatable bonds is 1. The lowest BCUT2D eigenvalue weighted by Crippen LogP contribution is -2.12. The van der Waals surface area contributed by atoms with Gasteiger partial charge >= 0.3 is 0 Å². The third-order valence-corrected chi connectivity index (χ3v) is 3.20. The molecular formula is C15H17N5. The first-order valence-corrected chi connectivity index (χ1v) is 6.52. The molecule has 0 amide bonds. The molecule has 0 aliphatic carbocycles. The molecular weight excluding hydrogens is 250 g/mol. The van der Waals surface area contributed by atoms with Crippen molar-refractivity contribution in [2.24, 2.45) is 0 Å². The van der Waals surface area contributed by atoms with Crippen molar-refractivity contribution in [1.29, 1.82) is 0 Å². The SMILES string of the molecule is CC(C)(C)c1cc(N)n(-c2ccc3nccnc3c2)n1. The second-order valence-corrected chi connectivity index (χ2v) is 5.85. The Hall–Kier alpha value is -2.43. The van der Waals surface area contributed by atoms with Gasteiger partial charge in [-0.25, -0.2) is 4.68 Å². The molecule has 2 heterocycles. The Morgan fingerprint density at radius 2 is 1.70 bits per heavy atom. The van der Waals surface area contributed by atoms with E-state index in [1.54, 1.807) is 17.1 Å². The number of anilines is 1. The number of benzene rings is 1. The molecule has 0 aliphatic heterocycles. The van der Waals surface area contributed by atoms with E-state index in [2.05, 4.69) is 35.8 Å². The summed E-state index contributed by atoms with van der Waals surface area (Å²) in [5, 5.41) is 4.60. The van der Waals surface area contributed by atoms with Gasteiger partial charge in [0, 0.05) is 23.9 Å². The molecule has 20 heavy (non-hydrogen) atoms. The van der Waals surface area contributed by atoms with Crippen molar-refractivity contribution < 1.29 is 0 Å². The molecule has 2 N–H and O–H groups in total. The van der Waals surface area contributed by atoms with Crippen LogP contribution in [0.25, 0.3) is 16.7 Å². The van der Waals surface area contributed by atoms with Gasteiger partial charge in [-0.15, -0.1) is 0 Å². The largest absolute Gasteiger partial charge is 0.384 e. The van der Waals surface area contributed by atoms with E-state index >= 15 is 0 Å². The van der Waals surface area contributed by atoms with Crippen LogP contribution in [0, 0.1) is 0 Å². The number of fused-ring (bicyclic) bond motifs is 1.